The third-order valence-electron chi connectivity index (χ3n) is 5.55. The zero-order valence-electron chi connectivity index (χ0n) is 16.3. The molecule has 158 valence electrons. The van der Waals surface area contributed by atoms with Gasteiger partial charge in [0.05, 0.1) is 11.6 Å². The number of aryl methyl sites for hydroxylation is 1. The topological polar surface area (TPSA) is 75.6 Å². The molecule has 1 aromatic carbocycles. The molecule has 1 aromatic heterocycles. The summed E-state index contributed by atoms with van der Waals surface area (Å²) in [4.78, 5) is 36.7. The van der Waals surface area contributed by atoms with Crippen LogP contribution in [0.5, 0.6) is 5.88 Å². The Kier molecular flexibility index (Phi) is 4.87. The van der Waals surface area contributed by atoms with E-state index in [0.717, 1.165) is 12.1 Å². The summed E-state index contributed by atoms with van der Waals surface area (Å²) in [5, 5.41) is 0. The Labute approximate surface area is 170 Å². The van der Waals surface area contributed by atoms with Crippen molar-refractivity contribution in [2.45, 2.75) is 25.2 Å². The number of hydrogen-bond acceptors (Lipinski definition) is 5. The van der Waals surface area contributed by atoms with Crippen LogP contribution in [0.25, 0.3) is 0 Å². The number of amides is 2. The van der Waals surface area contributed by atoms with Crippen molar-refractivity contribution in [2.24, 2.45) is 5.92 Å². The molecule has 0 aliphatic carbocycles. The molecule has 2 amide bonds. The summed E-state index contributed by atoms with van der Waals surface area (Å²) < 4.78 is 44.1. The fraction of sp³-hybridized carbons (Fsp3) is 0.400. The highest BCUT2D eigenvalue weighted by molar-refractivity contribution is 5.95. The zero-order chi connectivity index (χ0) is 21.6. The molecule has 7 nitrogen and oxygen atoms in total. The maximum Gasteiger partial charge on any atom is 0.416 e. The summed E-state index contributed by atoms with van der Waals surface area (Å²) in [5.41, 5.74) is -0.642. The van der Waals surface area contributed by atoms with E-state index in [1.165, 1.54) is 18.3 Å². The molecule has 2 saturated heterocycles. The number of nitrogens with zero attached hydrogens (tertiary/aromatic N) is 4. The van der Waals surface area contributed by atoms with Gasteiger partial charge in [-0.25, -0.2) is 4.98 Å². The van der Waals surface area contributed by atoms with Crippen molar-refractivity contribution in [1.82, 2.24) is 19.8 Å². The summed E-state index contributed by atoms with van der Waals surface area (Å²) in [6, 6.07) is 5.46. The normalized spacial score (nSPS) is 23.6. The molecule has 3 heterocycles. The van der Waals surface area contributed by atoms with Crippen molar-refractivity contribution < 1.29 is 27.5 Å². The molecule has 0 spiro atoms. The molecule has 0 N–H and O–H groups in total. The Bertz CT molecular complexity index is 980. The molecule has 0 bridgehead atoms. The standard InChI is InChI=1S/C20H19F3N4O3/c1-11-24-8-7-16(25-11)30-17-14-9-27(10-15(14)26(2)19(17)29)18(28)12-3-5-13(6-4-12)20(21,22)23/h3-8,14-15,17H,9-10H2,1-2H3/t14-,15+,17-/m0/s1. The maximum atomic E-state index is 12.8. The summed E-state index contributed by atoms with van der Waals surface area (Å²) in [5.74, 6) is -0.0505. The van der Waals surface area contributed by atoms with Crippen molar-refractivity contribution >= 4 is 11.8 Å². The number of fused-ring (bicyclic) bond motifs is 1. The lowest BCUT2D eigenvalue weighted by atomic mass is 10.0. The first kappa shape index (κ1) is 20.1. The number of likely N-dealkylation sites (tertiary alicyclic amines) is 2. The predicted molar refractivity (Wildman–Crippen MR) is 98.6 cm³/mol. The third kappa shape index (κ3) is 3.57. The first-order valence-electron chi connectivity index (χ1n) is 9.34. The molecule has 2 aliphatic heterocycles. The van der Waals surface area contributed by atoms with Gasteiger partial charge in [-0.2, -0.15) is 18.2 Å². The number of carbonyl (C=O) groups is 2. The number of likely N-dealkylation sites (N-methyl/N-ethyl adjacent to an activating group) is 1. The van der Waals surface area contributed by atoms with E-state index in [4.69, 9.17) is 4.74 Å². The molecule has 3 atom stereocenters. The number of alkyl halides is 3. The van der Waals surface area contributed by atoms with Crippen LogP contribution in [0.4, 0.5) is 13.2 Å². The van der Waals surface area contributed by atoms with Crippen molar-refractivity contribution in [3.8, 4) is 5.88 Å². The number of hydrogen-bond donors (Lipinski definition) is 0. The van der Waals surface area contributed by atoms with Gasteiger partial charge in [-0.15, -0.1) is 0 Å². The number of halogens is 3. The minimum Gasteiger partial charge on any atom is -0.464 e. The van der Waals surface area contributed by atoms with Crippen LogP contribution in [0.15, 0.2) is 36.5 Å². The molecule has 10 heteroatoms. The van der Waals surface area contributed by atoms with E-state index in [1.54, 1.807) is 29.8 Å². The van der Waals surface area contributed by atoms with E-state index < -0.39 is 17.8 Å². The van der Waals surface area contributed by atoms with Crippen LogP contribution in [-0.4, -0.2) is 63.9 Å². The highest BCUT2D eigenvalue weighted by Gasteiger charge is 2.53. The predicted octanol–water partition coefficient (Wildman–Crippen LogP) is 2.16. The van der Waals surface area contributed by atoms with Gasteiger partial charge in [-0.1, -0.05) is 0 Å². The van der Waals surface area contributed by atoms with Crippen molar-refractivity contribution in [1.29, 1.82) is 0 Å². The summed E-state index contributed by atoms with van der Waals surface area (Å²) >= 11 is 0. The first-order chi connectivity index (χ1) is 14.1. The van der Waals surface area contributed by atoms with Gasteiger partial charge in [-0.3, -0.25) is 9.59 Å². The van der Waals surface area contributed by atoms with Gasteiger partial charge in [-0.05, 0) is 31.2 Å². The van der Waals surface area contributed by atoms with Gasteiger partial charge >= 0.3 is 6.18 Å². The molecule has 2 aromatic rings. The molecule has 30 heavy (non-hydrogen) atoms. The monoisotopic (exact) mass is 420 g/mol. The van der Waals surface area contributed by atoms with E-state index >= 15 is 0 Å². The van der Waals surface area contributed by atoms with Crippen LogP contribution < -0.4 is 4.74 Å². The van der Waals surface area contributed by atoms with Crippen LogP contribution in [-0.2, 0) is 11.0 Å². The molecule has 0 saturated carbocycles. The Morgan fingerprint density at radius 1 is 1.17 bits per heavy atom. The average molecular weight is 420 g/mol. The Morgan fingerprint density at radius 2 is 1.87 bits per heavy atom. The molecule has 0 unspecified atom stereocenters. The largest absolute Gasteiger partial charge is 0.464 e. The van der Waals surface area contributed by atoms with E-state index in [1.807, 2.05) is 0 Å². The Hall–Kier alpha value is -3.17. The van der Waals surface area contributed by atoms with Gasteiger partial charge in [0.25, 0.3) is 11.8 Å². The number of ether oxygens (including phenoxy) is 1. The fourth-order valence-corrected chi connectivity index (χ4v) is 3.98. The van der Waals surface area contributed by atoms with Gasteiger partial charge in [0.15, 0.2) is 6.10 Å². The van der Waals surface area contributed by atoms with E-state index in [0.29, 0.717) is 5.82 Å². The fourth-order valence-electron chi connectivity index (χ4n) is 3.98. The number of benzene rings is 1. The Balaban J connectivity index is 1.50. The highest BCUT2D eigenvalue weighted by Crippen LogP contribution is 2.35. The quantitative estimate of drug-likeness (QED) is 0.761. The van der Waals surface area contributed by atoms with Gasteiger partial charge < -0.3 is 14.5 Å². The molecule has 4 rings (SSSR count). The molecule has 0 radical (unpaired) electrons. The third-order valence-corrected chi connectivity index (χ3v) is 5.55. The van der Waals surface area contributed by atoms with Crippen LogP contribution in [0.2, 0.25) is 0 Å². The molecule has 2 aliphatic rings. The molecule has 2 fully saturated rings. The summed E-state index contributed by atoms with van der Waals surface area (Å²) in [6.07, 6.45) is -3.72. The second kappa shape index (κ2) is 7.26. The van der Waals surface area contributed by atoms with Crippen molar-refractivity contribution in [2.75, 3.05) is 20.1 Å². The summed E-state index contributed by atoms with van der Waals surface area (Å²) in [7, 11) is 1.65. The second-order valence-corrected chi connectivity index (χ2v) is 7.45. The number of aromatic nitrogens is 2. The number of carbonyl (C=O) groups excluding carboxylic acids is 2. The SMILES string of the molecule is Cc1nccc(O[C@@H]2C(=O)N(C)[C@@H]3CN(C(=O)c4ccc(C(F)(F)F)cc4)C[C@H]23)n1. The van der Waals surface area contributed by atoms with E-state index in [2.05, 4.69) is 9.97 Å². The van der Waals surface area contributed by atoms with Crippen LogP contribution in [0.3, 0.4) is 0 Å². The minimum atomic E-state index is -4.46. The smallest absolute Gasteiger partial charge is 0.416 e. The van der Waals surface area contributed by atoms with Crippen LogP contribution in [0, 0.1) is 12.8 Å². The first-order valence-corrected chi connectivity index (χ1v) is 9.34. The molecular weight excluding hydrogens is 401 g/mol. The van der Waals surface area contributed by atoms with Gasteiger partial charge in [0, 0.05) is 43.9 Å². The van der Waals surface area contributed by atoms with Crippen molar-refractivity contribution in [3.05, 3.63) is 53.5 Å². The van der Waals surface area contributed by atoms with Crippen LogP contribution >= 0.6 is 0 Å². The lowest BCUT2D eigenvalue weighted by molar-refractivity contribution is -0.137. The average Bonchev–Trinajstić information content (AvgIpc) is 3.22. The maximum absolute atomic E-state index is 12.8. The van der Waals surface area contributed by atoms with Crippen molar-refractivity contribution in [3.63, 3.8) is 0 Å². The molecular formula is C20H19F3N4O3. The lowest BCUT2D eigenvalue weighted by Crippen LogP contribution is -2.40. The minimum absolute atomic E-state index is 0.167. The van der Waals surface area contributed by atoms with Gasteiger partial charge in [0.1, 0.15) is 5.82 Å². The van der Waals surface area contributed by atoms with Gasteiger partial charge in [0.2, 0.25) is 5.88 Å². The van der Waals surface area contributed by atoms with Crippen LogP contribution in [0.1, 0.15) is 21.7 Å². The lowest BCUT2D eigenvalue weighted by Gasteiger charge is -2.22. The highest BCUT2D eigenvalue weighted by atomic mass is 19.4. The van der Waals surface area contributed by atoms with E-state index in [-0.39, 0.29) is 48.3 Å². The summed E-state index contributed by atoms with van der Waals surface area (Å²) in [6.45, 7) is 2.25. The zero-order valence-corrected chi connectivity index (χ0v) is 16.3. The number of rotatable bonds is 3. The Morgan fingerprint density at radius 3 is 2.50 bits per heavy atom. The second-order valence-electron chi connectivity index (χ2n) is 7.45. The van der Waals surface area contributed by atoms with E-state index in [9.17, 15) is 22.8 Å².